The van der Waals surface area contributed by atoms with Crippen molar-refractivity contribution in [2.24, 2.45) is 0 Å². The maximum atomic E-state index is 12.1. The van der Waals surface area contributed by atoms with Crippen LogP contribution in [0.15, 0.2) is 60.2 Å². The molecule has 1 N–H and O–H groups in total. The van der Waals surface area contributed by atoms with Gasteiger partial charge in [-0.25, -0.2) is 4.98 Å². The highest BCUT2D eigenvalue weighted by Crippen LogP contribution is 2.22. The van der Waals surface area contributed by atoms with Crippen LogP contribution in [0.2, 0.25) is 0 Å². The van der Waals surface area contributed by atoms with E-state index < -0.39 is 0 Å². The van der Waals surface area contributed by atoms with Crippen LogP contribution < -0.4 is 5.32 Å². The van der Waals surface area contributed by atoms with Crippen LogP contribution in [0.4, 0.5) is 0 Å². The number of thiophene rings is 1. The van der Waals surface area contributed by atoms with Crippen molar-refractivity contribution >= 4 is 17.2 Å². The summed E-state index contributed by atoms with van der Waals surface area (Å²) < 4.78 is 0. The number of nitrogens with one attached hydrogen (secondary N) is 1. The van der Waals surface area contributed by atoms with Crippen molar-refractivity contribution in [2.45, 2.75) is 6.54 Å². The lowest BCUT2D eigenvalue weighted by Crippen LogP contribution is -2.23. The van der Waals surface area contributed by atoms with E-state index in [1.54, 1.807) is 29.8 Å². The Morgan fingerprint density at radius 2 is 2.10 bits per heavy atom. The van der Waals surface area contributed by atoms with E-state index in [2.05, 4.69) is 15.3 Å². The van der Waals surface area contributed by atoms with E-state index in [9.17, 15) is 4.79 Å². The van der Waals surface area contributed by atoms with E-state index in [-0.39, 0.29) is 5.91 Å². The molecule has 21 heavy (non-hydrogen) atoms. The smallest absolute Gasteiger partial charge is 0.270 e. The minimum Gasteiger partial charge on any atom is -0.347 e. The molecular weight excluding hydrogens is 282 g/mol. The molecule has 3 aromatic rings. The lowest BCUT2D eigenvalue weighted by Gasteiger charge is -2.05. The minimum atomic E-state index is -0.183. The summed E-state index contributed by atoms with van der Waals surface area (Å²) in [5.41, 5.74) is 2.20. The Labute approximate surface area is 126 Å². The third-order valence-electron chi connectivity index (χ3n) is 2.93. The number of carbonyl (C=O) groups excluding carboxylic acids is 1. The SMILES string of the molecule is O=C(NCc1cccnc1)c1cccc(-c2cccs2)n1. The number of hydrogen-bond acceptors (Lipinski definition) is 4. The molecule has 0 atom stereocenters. The molecule has 104 valence electrons. The van der Waals surface area contributed by atoms with Crippen molar-refractivity contribution in [1.29, 1.82) is 0 Å². The van der Waals surface area contributed by atoms with Crippen LogP contribution in [0.1, 0.15) is 16.1 Å². The van der Waals surface area contributed by atoms with Gasteiger partial charge in [0, 0.05) is 18.9 Å². The highest BCUT2D eigenvalue weighted by Gasteiger charge is 2.09. The Morgan fingerprint density at radius 1 is 1.14 bits per heavy atom. The Kier molecular flexibility index (Phi) is 4.02. The molecule has 0 aliphatic carbocycles. The van der Waals surface area contributed by atoms with Gasteiger partial charge in [-0.15, -0.1) is 11.3 Å². The number of carbonyl (C=O) groups is 1. The fourth-order valence-electron chi connectivity index (χ4n) is 1.90. The van der Waals surface area contributed by atoms with Crippen molar-refractivity contribution in [1.82, 2.24) is 15.3 Å². The summed E-state index contributed by atoms with van der Waals surface area (Å²) in [7, 11) is 0. The molecule has 0 saturated heterocycles. The quantitative estimate of drug-likeness (QED) is 0.804. The Balaban J connectivity index is 1.72. The molecule has 4 nitrogen and oxygen atoms in total. The van der Waals surface area contributed by atoms with Gasteiger partial charge in [0.05, 0.1) is 10.6 Å². The summed E-state index contributed by atoms with van der Waals surface area (Å²) in [6, 6.07) is 13.2. The summed E-state index contributed by atoms with van der Waals surface area (Å²) in [5.74, 6) is -0.183. The molecule has 3 heterocycles. The largest absolute Gasteiger partial charge is 0.347 e. The average Bonchev–Trinajstić information content (AvgIpc) is 3.08. The number of hydrogen-bond donors (Lipinski definition) is 1. The van der Waals surface area contributed by atoms with E-state index >= 15 is 0 Å². The summed E-state index contributed by atoms with van der Waals surface area (Å²) in [6.07, 6.45) is 3.44. The normalized spacial score (nSPS) is 10.3. The van der Waals surface area contributed by atoms with Crippen LogP contribution in [0.25, 0.3) is 10.6 Å². The first-order chi connectivity index (χ1) is 10.3. The van der Waals surface area contributed by atoms with Crippen LogP contribution in [0, 0.1) is 0 Å². The van der Waals surface area contributed by atoms with Crippen molar-refractivity contribution in [3.63, 3.8) is 0 Å². The maximum Gasteiger partial charge on any atom is 0.270 e. The minimum absolute atomic E-state index is 0.183. The van der Waals surface area contributed by atoms with Gasteiger partial charge in [0.15, 0.2) is 0 Å². The first-order valence-electron chi connectivity index (χ1n) is 6.51. The van der Waals surface area contributed by atoms with Gasteiger partial charge in [-0.3, -0.25) is 9.78 Å². The Bertz CT molecular complexity index is 726. The van der Waals surface area contributed by atoms with Crippen LogP contribution in [-0.2, 0) is 6.54 Å². The van der Waals surface area contributed by atoms with Gasteiger partial charge in [-0.05, 0) is 35.2 Å². The van der Waals surface area contributed by atoms with Gasteiger partial charge in [0.2, 0.25) is 0 Å². The maximum absolute atomic E-state index is 12.1. The highest BCUT2D eigenvalue weighted by atomic mass is 32.1. The van der Waals surface area contributed by atoms with Crippen molar-refractivity contribution < 1.29 is 4.79 Å². The first-order valence-corrected chi connectivity index (χ1v) is 7.39. The molecule has 3 rings (SSSR count). The molecule has 0 spiro atoms. The first kappa shape index (κ1) is 13.5. The Morgan fingerprint density at radius 3 is 2.86 bits per heavy atom. The number of nitrogens with zero attached hydrogens (tertiary/aromatic N) is 2. The number of amides is 1. The summed E-state index contributed by atoms with van der Waals surface area (Å²) in [4.78, 5) is 21.6. The molecule has 0 fully saturated rings. The van der Waals surface area contributed by atoms with Gasteiger partial charge < -0.3 is 5.32 Å². The third kappa shape index (κ3) is 3.32. The van der Waals surface area contributed by atoms with Crippen molar-refractivity contribution in [2.75, 3.05) is 0 Å². The van der Waals surface area contributed by atoms with E-state index in [4.69, 9.17) is 0 Å². The number of pyridine rings is 2. The molecule has 0 unspecified atom stereocenters. The average molecular weight is 295 g/mol. The molecule has 5 heteroatoms. The Hall–Kier alpha value is -2.53. The third-order valence-corrected chi connectivity index (χ3v) is 3.82. The summed E-state index contributed by atoms with van der Waals surface area (Å²) in [5, 5.41) is 4.84. The van der Waals surface area contributed by atoms with E-state index in [0.717, 1.165) is 16.1 Å². The monoisotopic (exact) mass is 295 g/mol. The second-order valence-corrected chi connectivity index (χ2v) is 5.38. The molecule has 0 aliphatic heterocycles. The van der Waals surface area contributed by atoms with Gasteiger partial charge >= 0.3 is 0 Å². The van der Waals surface area contributed by atoms with E-state index in [1.165, 1.54) is 0 Å². The van der Waals surface area contributed by atoms with Crippen LogP contribution in [0.5, 0.6) is 0 Å². The lowest BCUT2D eigenvalue weighted by atomic mass is 10.2. The molecule has 0 radical (unpaired) electrons. The van der Waals surface area contributed by atoms with Crippen LogP contribution in [0.3, 0.4) is 0 Å². The topological polar surface area (TPSA) is 54.9 Å². The number of rotatable bonds is 4. The second kappa shape index (κ2) is 6.28. The van der Waals surface area contributed by atoms with Crippen molar-refractivity contribution in [3.05, 3.63) is 71.5 Å². The highest BCUT2D eigenvalue weighted by molar-refractivity contribution is 7.13. The van der Waals surface area contributed by atoms with Crippen LogP contribution >= 0.6 is 11.3 Å². The lowest BCUT2D eigenvalue weighted by molar-refractivity contribution is 0.0946. The molecule has 0 aromatic carbocycles. The van der Waals surface area contributed by atoms with Gasteiger partial charge in [-0.1, -0.05) is 18.2 Å². The molecular formula is C16H13N3OS. The zero-order chi connectivity index (χ0) is 14.5. The second-order valence-electron chi connectivity index (χ2n) is 4.43. The van der Waals surface area contributed by atoms with Gasteiger partial charge in [0.25, 0.3) is 5.91 Å². The zero-order valence-electron chi connectivity index (χ0n) is 11.2. The predicted molar refractivity (Wildman–Crippen MR) is 83.0 cm³/mol. The predicted octanol–water partition coefficient (Wildman–Crippen LogP) is 3.14. The fourth-order valence-corrected chi connectivity index (χ4v) is 2.59. The molecule has 0 saturated carbocycles. The van der Waals surface area contributed by atoms with Crippen LogP contribution in [-0.4, -0.2) is 15.9 Å². The van der Waals surface area contributed by atoms with E-state index in [0.29, 0.717) is 12.2 Å². The summed E-state index contributed by atoms with van der Waals surface area (Å²) >= 11 is 1.60. The van der Waals surface area contributed by atoms with E-state index in [1.807, 2.05) is 41.8 Å². The van der Waals surface area contributed by atoms with Gasteiger partial charge in [0.1, 0.15) is 5.69 Å². The molecule has 1 amide bonds. The molecule has 0 aliphatic rings. The van der Waals surface area contributed by atoms with Crippen molar-refractivity contribution in [3.8, 4) is 10.6 Å². The zero-order valence-corrected chi connectivity index (χ0v) is 12.0. The number of aromatic nitrogens is 2. The molecule has 3 aromatic heterocycles. The fraction of sp³-hybridized carbons (Fsp3) is 0.0625. The molecule has 0 bridgehead atoms. The summed E-state index contributed by atoms with van der Waals surface area (Å²) in [6.45, 7) is 0.442. The standard InChI is InChI=1S/C16H13N3OS/c20-16(18-11-12-4-2-8-17-10-12)14-6-1-5-13(19-14)15-7-3-9-21-15/h1-10H,11H2,(H,18,20). The van der Waals surface area contributed by atoms with Gasteiger partial charge in [-0.2, -0.15) is 0 Å².